The minimum Gasteiger partial charge on any atom is -0.506 e. The molecule has 0 atom stereocenters. The predicted molar refractivity (Wildman–Crippen MR) is 67.8 cm³/mol. The molecule has 0 bridgehead atoms. The van der Waals surface area contributed by atoms with Crippen molar-refractivity contribution in [3.05, 3.63) is 41.9 Å². The zero-order valence-corrected chi connectivity index (χ0v) is 10.1. The van der Waals surface area contributed by atoms with E-state index in [1.165, 1.54) is 0 Å². The third kappa shape index (κ3) is 1.44. The van der Waals surface area contributed by atoms with Gasteiger partial charge in [-0.1, -0.05) is 12.1 Å². The van der Waals surface area contributed by atoms with Gasteiger partial charge in [-0.3, -0.25) is 0 Å². The molecule has 2 heterocycles. The van der Waals surface area contributed by atoms with Crippen molar-refractivity contribution in [1.82, 2.24) is 20.0 Å². The largest absolute Gasteiger partial charge is 0.506 e. The van der Waals surface area contributed by atoms with Crippen LogP contribution in [-0.4, -0.2) is 25.1 Å². The topological polar surface area (TPSA) is 63.8 Å². The molecule has 0 saturated carbocycles. The van der Waals surface area contributed by atoms with E-state index in [-0.39, 0.29) is 5.75 Å². The first-order valence-electron chi connectivity index (χ1n) is 5.64. The summed E-state index contributed by atoms with van der Waals surface area (Å²) in [5.74, 6) is 0.201. The van der Waals surface area contributed by atoms with Crippen molar-refractivity contribution in [3.8, 4) is 11.4 Å². The van der Waals surface area contributed by atoms with E-state index in [9.17, 15) is 5.11 Å². The molecule has 0 amide bonds. The Morgan fingerprint density at radius 3 is 2.67 bits per heavy atom. The zero-order chi connectivity index (χ0) is 12.7. The van der Waals surface area contributed by atoms with Crippen LogP contribution in [0.5, 0.6) is 5.75 Å². The van der Waals surface area contributed by atoms with Crippen molar-refractivity contribution in [2.24, 2.45) is 0 Å². The van der Waals surface area contributed by atoms with Crippen molar-refractivity contribution < 1.29 is 5.11 Å². The maximum Gasteiger partial charge on any atom is 0.141 e. The maximum absolute atomic E-state index is 9.89. The number of phenolic OH excluding ortho intramolecular Hbond substituents is 1. The summed E-state index contributed by atoms with van der Waals surface area (Å²) in [4.78, 5) is 0. The Labute approximate surface area is 104 Å². The van der Waals surface area contributed by atoms with Gasteiger partial charge in [-0.05, 0) is 26.0 Å². The summed E-state index contributed by atoms with van der Waals surface area (Å²) in [7, 11) is 0. The van der Waals surface area contributed by atoms with Gasteiger partial charge < -0.3 is 5.11 Å². The molecule has 5 nitrogen and oxygen atoms in total. The second-order valence-electron chi connectivity index (χ2n) is 4.18. The quantitative estimate of drug-likeness (QED) is 0.707. The van der Waals surface area contributed by atoms with Gasteiger partial charge in [-0.2, -0.15) is 15.3 Å². The van der Waals surface area contributed by atoms with E-state index < -0.39 is 0 Å². The van der Waals surface area contributed by atoms with Crippen LogP contribution in [0.25, 0.3) is 16.6 Å². The van der Waals surface area contributed by atoms with Crippen molar-refractivity contribution in [1.29, 1.82) is 0 Å². The van der Waals surface area contributed by atoms with Crippen molar-refractivity contribution in [2.45, 2.75) is 13.8 Å². The van der Waals surface area contributed by atoms with Crippen LogP contribution >= 0.6 is 0 Å². The molecule has 90 valence electrons. The number of aromatic nitrogens is 4. The SMILES string of the molecule is Cc1nncc2nn(-c3ccccc3O)c(C)c12. The van der Waals surface area contributed by atoms with Gasteiger partial charge in [-0.25, -0.2) is 4.68 Å². The molecule has 18 heavy (non-hydrogen) atoms. The van der Waals surface area contributed by atoms with Gasteiger partial charge in [0.15, 0.2) is 0 Å². The first kappa shape index (κ1) is 10.7. The highest BCUT2D eigenvalue weighted by atomic mass is 16.3. The molecule has 1 aromatic carbocycles. The second kappa shape index (κ2) is 3.80. The fraction of sp³-hybridized carbons (Fsp3) is 0.154. The van der Waals surface area contributed by atoms with E-state index in [1.807, 2.05) is 26.0 Å². The smallest absolute Gasteiger partial charge is 0.141 e. The number of aryl methyl sites for hydroxylation is 2. The van der Waals surface area contributed by atoms with Crippen LogP contribution in [0.1, 0.15) is 11.4 Å². The van der Waals surface area contributed by atoms with Gasteiger partial charge in [0, 0.05) is 5.39 Å². The Hall–Kier alpha value is -2.43. The lowest BCUT2D eigenvalue weighted by molar-refractivity contribution is 0.470. The van der Waals surface area contributed by atoms with Gasteiger partial charge in [0.25, 0.3) is 0 Å². The van der Waals surface area contributed by atoms with E-state index in [4.69, 9.17) is 0 Å². The van der Waals surface area contributed by atoms with Crippen LogP contribution in [-0.2, 0) is 0 Å². The Morgan fingerprint density at radius 1 is 1.17 bits per heavy atom. The normalized spacial score (nSPS) is 11.0. The Bertz CT molecular complexity index is 733. The van der Waals surface area contributed by atoms with Crippen LogP contribution < -0.4 is 0 Å². The minimum atomic E-state index is 0.201. The average molecular weight is 240 g/mol. The van der Waals surface area contributed by atoms with Crippen molar-refractivity contribution in [3.63, 3.8) is 0 Å². The highest BCUT2D eigenvalue weighted by Crippen LogP contribution is 2.26. The molecule has 2 aromatic heterocycles. The molecular formula is C13H12N4O. The van der Waals surface area contributed by atoms with Gasteiger partial charge in [0.2, 0.25) is 0 Å². The second-order valence-corrected chi connectivity index (χ2v) is 4.18. The molecule has 0 radical (unpaired) electrons. The number of rotatable bonds is 1. The van der Waals surface area contributed by atoms with Crippen LogP contribution in [0.2, 0.25) is 0 Å². The zero-order valence-electron chi connectivity index (χ0n) is 10.1. The molecule has 3 aromatic rings. The fourth-order valence-corrected chi connectivity index (χ4v) is 2.16. The van der Waals surface area contributed by atoms with Crippen LogP contribution in [0.15, 0.2) is 30.5 Å². The van der Waals surface area contributed by atoms with Crippen molar-refractivity contribution in [2.75, 3.05) is 0 Å². The van der Waals surface area contributed by atoms with E-state index in [1.54, 1.807) is 23.0 Å². The summed E-state index contributed by atoms with van der Waals surface area (Å²) < 4.78 is 1.72. The number of hydrogen-bond donors (Lipinski definition) is 1. The van der Waals surface area contributed by atoms with Crippen LogP contribution in [0.3, 0.4) is 0 Å². The molecule has 0 fully saturated rings. The summed E-state index contributed by atoms with van der Waals surface area (Å²) in [6.07, 6.45) is 1.63. The molecule has 5 heteroatoms. The van der Waals surface area contributed by atoms with E-state index in [0.29, 0.717) is 5.69 Å². The third-order valence-corrected chi connectivity index (χ3v) is 3.00. The monoisotopic (exact) mass is 240 g/mol. The highest BCUT2D eigenvalue weighted by Gasteiger charge is 2.13. The molecular weight excluding hydrogens is 228 g/mol. The number of phenols is 1. The summed E-state index contributed by atoms with van der Waals surface area (Å²) in [6.45, 7) is 3.86. The number of benzene rings is 1. The van der Waals surface area contributed by atoms with Gasteiger partial charge in [0.05, 0.1) is 17.6 Å². The average Bonchev–Trinajstić information content (AvgIpc) is 2.69. The Balaban J connectivity index is 2.35. The molecule has 0 unspecified atom stereocenters. The standard InChI is InChI=1S/C13H12N4O/c1-8-13-9(2)17(16-10(13)7-14-15-8)11-5-3-4-6-12(11)18/h3-7,18H,1-2H3. The minimum absolute atomic E-state index is 0.201. The molecule has 0 saturated heterocycles. The number of aromatic hydroxyl groups is 1. The lowest BCUT2D eigenvalue weighted by atomic mass is 10.2. The molecule has 0 aliphatic heterocycles. The summed E-state index contributed by atoms with van der Waals surface area (Å²) in [5.41, 5.74) is 3.22. The van der Waals surface area contributed by atoms with Crippen LogP contribution in [0.4, 0.5) is 0 Å². The lowest BCUT2D eigenvalue weighted by Crippen LogP contribution is -1.98. The lowest BCUT2D eigenvalue weighted by Gasteiger charge is -2.06. The summed E-state index contributed by atoms with van der Waals surface area (Å²) in [6, 6.07) is 7.12. The van der Waals surface area contributed by atoms with Crippen LogP contribution in [0, 0.1) is 13.8 Å². The molecule has 0 spiro atoms. The van der Waals surface area contributed by atoms with E-state index >= 15 is 0 Å². The molecule has 3 rings (SSSR count). The maximum atomic E-state index is 9.89. The first-order chi connectivity index (χ1) is 8.68. The van der Waals surface area contributed by atoms with Gasteiger partial charge >= 0.3 is 0 Å². The number of para-hydroxylation sites is 2. The highest BCUT2D eigenvalue weighted by molar-refractivity contribution is 5.83. The predicted octanol–water partition coefficient (Wildman–Crippen LogP) is 2.14. The fourth-order valence-electron chi connectivity index (χ4n) is 2.16. The van der Waals surface area contributed by atoms with Crippen molar-refractivity contribution >= 4 is 10.9 Å². The molecule has 1 N–H and O–H groups in total. The third-order valence-electron chi connectivity index (χ3n) is 3.00. The van der Waals surface area contributed by atoms with Gasteiger partial charge in [-0.15, -0.1) is 0 Å². The Morgan fingerprint density at radius 2 is 1.94 bits per heavy atom. The molecule has 0 aliphatic carbocycles. The first-order valence-corrected chi connectivity index (χ1v) is 5.64. The number of hydrogen-bond acceptors (Lipinski definition) is 4. The number of fused-ring (bicyclic) bond motifs is 1. The Kier molecular flexibility index (Phi) is 2.26. The number of nitrogens with zero attached hydrogens (tertiary/aromatic N) is 4. The van der Waals surface area contributed by atoms with E-state index in [0.717, 1.165) is 22.3 Å². The summed E-state index contributed by atoms with van der Waals surface area (Å²) in [5, 5.41) is 23.3. The van der Waals surface area contributed by atoms with E-state index in [2.05, 4.69) is 15.3 Å². The molecule has 0 aliphatic rings. The van der Waals surface area contributed by atoms with Gasteiger partial charge in [0.1, 0.15) is 17.0 Å². The summed E-state index contributed by atoms with van der Waals surface area (Å²) >= 11 is 0.